The predicted molar refractivity (Wildman–Crippen MR) is 80.1 cm³/mol. The van der Waals surface area contributed by atoms with Crippen molar-refractivity contribution >= 4 is 11.4 Å². The summed E-state index contributed by atoms with van der Waals surface area (Å²) < 4.78 is 0. The van der Waals surface area contributed by atoms with Crippen LogP contribution in [0.5, 0.6) is 0 Å². The average molecular weight is 283 g/mol. The van der Waals surface area contributed by atoms with Crippen molar-refractivity contribution in [3.8, 4) is 0 Å². The van der Waals surface area contributed by atoms with Gasteiger partial charge < -0.3 is 15.3 Å². The molecule has 0 aliphatic carbocycles. The van der Waals surface area contributed by atoms with Gasteiger partial charge in [0.25, 0.3) is 0 Å². The molecule has 0 radical (unpaired) electrons. The van der Waals surface area contributed by atoms with Gasteiger partial charge >= 0.3 is 0 Å². The molecule has 1 aliphatic rings. The van der Waals surface area contributed by atoms with Crippen molar-refractivity contribution in [2.24, 2.45) is 5.16 Å². The smallest absolute Gasteiger partial charge is 0.165 e. The minimum atomic E-state index is -0.511. The third-order valence-electron chi connectivity index (χ3n) is 3.65. The van der Waals surface area contributed by atoms with Gasteiger partial charge in [-0.1, -0.05) is 47.6 Å². The van der Waals surface area contributed by atoms with Crippen molar-refractivity contribution < 1.29 is 10.0 Å². The van der Waals surface area contributed by atoms with E-state index in [9.17, 15) is 5.21 Å². The third-order valence-corrected chi connectivity index (χ3v) is 3.65. The zero-order chi connectivity index (χ0) is 14.9. The van der Waals surface area contributed by atoms with Crippen molar-refractivity contribution in [3.05, 3.63) is 70.9 Å². The van der Waals surface area contributed by atoms with Crippen LogP contribution in [0.4, 0.5) is 5.69 Å². The Morgan fingerprint density at radius 2 is 1.95 bits per heavy atom. The van der Waals surface area contributed by atoms with E-state index in [0.29, 0.717) is 6.42 Å². The third kappa shape index (κ3) is 2.61. The molecule has 21 heavy (non-hydrogen) atoms. The molecule has 1 atom stereocenters. The van der Waals surface area contributed by atoms with Crippen LogP contribution in [-0.2, 0) is 10.4 Å². The second-order valence-corrected chi connectivity index (χ2v) is 5.23. The molecule has 2 aromatic carbocycles. The number of nitrogens with zero attached hydrogens (tertiary/aromatic N) is 2. The molecule has 0 aromatic heterocycles. The summed E-state index contributed by atoms with van der Waals surface area (Å²) in [6.07, 6.45) is 0.602. The molecule has 2 aromatic rings. The lowest BCUT2D eigenvalue weighted by atomic mass is 9.89. The molecule has 1 heterocycles. The maximum absolute atomic E-state index is 11.0. The fourth-order valence-electron chi connectivity index (χ4n) is 2.44. The van der Waals surface area contributed by atoms with Gasteiger partial charge in [-0.2, -0.15) is 0 Å². The minimum Gasteiger partial charge on any atom is -0.733 e. The second-order valence-electron chi connectivity index (χ2n) is 5.23. The van der Waals surface area contributed by atoms with E-state index in [2.05, 4.69) is 5.16 Å². The summed E-state index contributed by atoms with van der Waals surface area (Å²) in [5, 5.41) is 23.9. The van der Waals surface area contributed by atoms with Crippen LogP contribution in [0.1, 0.15) is 24.5 Å². The van der Waals surface area contributed by atoms with Gasteiger partial charge in [-0.3, -0.25) is 5.21 Å². The number of benzene rings is 2. The Bertz CT molecular complexity index is 670. The van der Waals surface area contributed by atoms with Crippen LogP contribution in [0.3, 0.4) is 0 Å². The van der Waals surface area contributed by atoms with Gasteiger partial charge in [0, 0.05) is 12.0 Å². The summed E-state index contributed by atoms with van der Waals surface area (Å²) in [5.74, 6) is 0. The Morgan fingerprint density at radius 3 is 2.67 bits per heavy atom. The second kappa shape index (κ2) is 5.20. The summed E-state index contributed by atoms with van der Waals surface area (Å²) >= 11 is 0. The molecule has 1 N–H and O–H groups in total. The Balaban J connectivity index is 1.85. The molecule has 0 fully saturated rings. The Kier molecular flexibility index (Phi) is 3.37. The lowest BCUT2D eigenvalue weighted by Crippen LogP contribution is -2.21. The Labute approximate surface area is 122 Å². The first-order valence-corrected chi connectivity index (χ1v) is 6.66. The van der Waals surface area contributed by atoms with Crippen LogP contribution < -0.4 is 5.23 Å². The molecule has 0 saturated carbocycles. The van der Waals surface area contributed by atoms with E-state index in [-0.39, 0.29) is 10.9 Å². The average Bonchev–Trinajstić information content (AvgIpc) is 2.92. The number of hydrogen-bond donors (Lipinski definition) is 1. The number of hydrogen-bond acceptors (Lipinski definition) is 5. The van der Waals surface area contributed by atoms with Crippen LogP contribution >= 0.6 is 0 Å². The lowest BCUT2D eigenvalue weighted by Gasteiger charge is -2.22. The molecule has 5 nitrogen and oxygen atoms in total. The predicted octanol–water partition coefficient (Wildman–Crippen LogP) is 3.42. The lowest BCUT2D eigenvalue weighted by molar-refractivity contribution is -0.00738. The zero-order valence-corrected chi connectivity index (χ0v) is 11.6. The molecule has 0 saturated heterocycles. The van der Waals surface area contributed by atoms with Crippen molar-refractivity contribution in [1.82, 2.24) is 0 Å². The standard InChI is InChI=1S/C16H15N2O3/c1-16(13-7-3-2-4-8-13)11-15(17-21-16)12-6-5-9-14(10-12)18(19)20/h2-10,19H,11H2,1H3/q-1. The number of anilines is 1. The van der Waals surface area contributed by atoms with E-state index in [1.54, 1.807) is 12.1 Å². The van der Waals surface area contributed by atoms with Gasteiger partial charge in [0.05, 0.1) is 11.4 Å². The molecule has 108 valence electrons. The van der Waals surface area contributed by atoms with E-state index in [1.165, 1.54) is 6.07 Å². The maximum atomic E-state index is 11.0. The topological polar surface area (TPSA) is 68.1 Å². The first-order chi connectivity index (χ1) is 10.1. The first-order valence-electron chi connectivity index (χ1n) is 6.66. The van der Waals surface area contributed by atoms with Crippen LogP contribution in [0.2, 0.25) is 0 Å². The van der Waals surface area contributed by atoms with E-state index in [4.69, 9.17) is 10.0 Å². The van der Waals surface area contributed by atoms with Crippen molar-refractivity contribution in [2.75, 3.05) is 5.23 Å². The summed E-state index contributed by atoms with van der Waals surface area (Å²) in [7, 11) is 0. The maximum Gasteiger partial charge on any atom is 0.165 e. The molecule has 0 amide bonds. The van der Waals surface area contributed by atoms with Crippen LogP contribution in [0, 0.1) is 5.21 Å². The largest absolute Gasteiger partial charge is 0.733 e. The van der Waals surface area contributed by atoms with Crippen LogP contribution in [0.15, 0.2) is 59.8 Å². The molecule has 0 spiro atoms. The SMILES string of the molecule is CC1(c2ccccc2)CC(c2cccc(N([O-])O)c2)=NO1. The highest BCUT2D eigenvalue weighted by atomic mass is 16.8. The minimum absolute atomic E-state index is 0.156. The van der Waals surface area contributed by atoms with Crippen molar-refractivity contribution in [1.29, 1.82) is 0 Å². The summed E-state index contributed by atoms with van der Waals surface area (Å²) in [6, 6.07) is 16.5. The van der Waals surface area contributed by atoms with E-state index in [0.717, 1.165) is 16.8 Å². The van der Waals surface area contributed by atoms with Crippen molar-refractivity contribution in [3.63, 3.8) is 0 Å². The molecule has 0 bridgehead atoms. The molecule has 5 heteroatoms. The highest BCUT2D eigenvalue weighted by Gasteiger charge is 2.36. The molecular weight excluding hydrogens is 268 g/mol. The Hall–Kier alpha value is -2.37. The van der Waals surface area contributed by atoms with Gasteiger partial charge in [0.1, 0.15) is 0 Å². The molecule has 1 unspecified atom stereocenters. The molecular formula is C16H15N2O3-. The first kappa shape index (κ1) is 13.6. The quantitative estimate of drug-likeness (QED) is 0.876. The fourth-order valence-corrected chi connectivity index (χ4v) is 2.44. The van der Waals surface area contributed by atoms with E-state index < -0.39 is 5.60 Å². The van der Waals surface area contributed by atoms with Gasteiger partial charge in [-0.15, -0.1) is 0 Å². The highest BCUT2D eigenvalue weighted by Crippen LogP contribution is 2.36. The fraction of sp³-hybridized carbons (Fsp3) is 0.188. The summed E-state index contributed by atoms with van der Waals surface area (Å²) in [6.45, 7) is 1.98. The van der Waals surface area contributed by atoms with Crippen LogP contribution in [0.25, 0.3) is 0 Å². The summed E-state index contributed by atoms with van der Waals surface area (Å²) in [5.41, 5.74) is 2.23. The zero-order valence-electron chi connectivity index (χ0n) is 11.6. The van der Waals surface area contributed by atoms with Gasteiger partial charge in [-0.25, -0.2) is 0 Å². The Morgan fingerprint density at radius 1 is 1.19 bits per heavy atom. The summed E-state index contributed by atoms with van der Waals surface area (Å²) in [4.78, 5) is 5.63. The molecule has 3 rings (SSSR count). The highest BCUT2D eigenvalue weighted by molar-refractivity contribution is 6.02. The molecule has 1 aliphatic heterocycles. The normalized spacial score (nSPS) is 20.8. The van der Waals surface area contributed by atoms with E-state index in [1.807, 2.05) is 43.3 Å². The van der Waals surface area contributed by atoms with Gasteiger partial charge in [0.15, 0.2) is 5.60 Å². The van der Waals surface area contributed by atoms with Gasteiger partial charge in [-0.05, 0) is 24.6 Å². The van der Waals surface area contributed by atoms with Crippen LogP contribution in [-0.4, -0.2) is 10.9 Å². The monoisotopic (exact) mass is 283 g/mol. The van der Waals surface area contributed by atoms with Gasteiger partial charge in [0.2, 0.25) is 0 Å². The number of rotatable bonds is 3. The number of oxime groups is 1. The van der Waals surface area contributed by atoms with Crippen molar-refractivity contribution in [2.45, 2.75) is 18.9 Å². The van der Waals surface area contributed by atoms with E-state index >= 15 is 0 Å².